The van der Waals surface area contributed by atoms with Crippen molar-refractivity contribution < 1.29 is 21.3 Å². The Morgan fingerprint density at radius 1 is 0.900 bits per heavy atom. The smallest absolute Gasteiger partial charge is 0.243 e. The molecule has 0 bridgehead atoms. The van der Waals surface area contributed by atoms with Gasteiger partial charge in [-0.05, 0) is 47.5 Å². The zero-order valence-corrected chi connectivity index (χ0v) is 18.7. The molecule has 158 valence electrons. The zero-order chi connectivity index (χ0) is 21.5. The van der Waals surface area contributed by atoms with Crippen LogP contribution in [0, 0.1) is 0 Å². The molecule has 0 radical (unpaired) electrons. The van der Waals surface area contributed by atoms with Crippen LogP contribution in [0.15, 0.2) is 70.2 Å². The van der Waals surface area contributed by atoms with Gasteiger partial charge in [0.2, 0.25) is 10.0 Å². The van der Waals surface area contributed by atoms with Gasteiger partial charge in [0, 0.05) is 13.1 Å². The van der Waals surface area contributed by atoms with Crippen LogP contribution in [0.3, 0.4) is 0 Å². The third kappa shape index (κ3) is 4.15. The number of hydrogen-bond donors (Lipinski definition) is 0. The van der Waals surface area contributed by atoms with Crippen LogP contribution in [-0.2, 0) is 25.6 Å². The van der Waals surface area contributed by atoms with Gasteiger partial charge in [-0.2, -0.15) is 4.31 Å². The molecule has 2 heterocycles. The summed E-state index contributed by atoms with van der Waals surface area (Å²) in [4.78, 5) is 0.105. The third-order valence-electron chi connectivity index (χ3n) is 4.99. The van der Waals surface area contributed by atoms with Crippen molar-refractivity contribution in [2.24, 2.45) is 0 Å². The van der Waals surface area contributed by atoms with Crippen molar-refractivity contribution in [2.75, 3.05) is 13.1 Å². The van der Waals surface area contributed by atoms with Crippen LogP contribution in [-0.4, -0.2) is 39.5 Å². The van der Waals surface area contributed by atoms with Gasteiger partial charge >= 0.3 is 0 Å². The fourth-order valence-electron chi connectivity index (χ4n) is 3.18. The van der Waals surface area contributed by atoms with E-state index in [0.29, 0.717) is 15.8 Å². The van der Waals surface area contributed by atoms with Gasteiger partial charge in [0.15, 0.2) is 9.84 Å². The van der Waals surface area contributed by atoms with Crippen molar-refractivity contribution in [3.63, 3.8) is 0 Å². The highest BCUT2D eigenvalue weighted by atomic mass is 35.5. The Labute approximate surface area is 185 Å². The van der Waals surface area contributed by atoms with Crippen molar-refractivity contribution in [1.82, 2.24) is 4.31 Å². The molecule has 30 heavy (non-hydrogen) atoms. The van der Waals surface area contributed by atoms with Crippen molar-refractivity contribution in [3.8, 4) is 11.1 Å². The molecule has 1 fully saturated rings. The van der Waals surface area contributed by atoms with Crippen LogP contribution >= 0.6 is 23.2 Å². The number of sulfonamides is 1. The summed E-state index contributed by atoms with van der Waals surface area (Å²) in [5, 5.41) is 0.107. The number of rotatable bonds is 6. The van der Waals surface area contributed by atoms with Crippen molar-refractivity contribution in [3.05, 3.63) is 76.7 Å². The predicted octanol–water partition coefficient (Wildman–Crippen LogP) is 4.24. The molecular weight excluding hydrogens is 469 g/mol. The lowest BCUT2D eigenvalue weighted by atomic mass is 10.1. The molecule has 1 aromatic heterocycles. The van der Waals surface area contributed by atoms with Crippen LogP contribution in [0.2, 0.25) is 10.0 Å². The molecule has 0 amide bonds. The molecule has 1 saturated heterocycles. The van der Waals surface area contributed by atoms with Crippen molar-refractivity contribution >= 4 is 43.1 Å². The SMILES string of the molecule is O=S(=O)(Cc1ccco1)C1CN(S(=O)(=O)c2ccc(-c3ccc(Cl)c(Cl)c3)cc2)C1. The molecule has 4 rings (SSSR count). The molecule has 3 aromatic rings. The summed E-state index contributed by atoms with van der Waals surface area (Å²) in [7, 11) is -7.27. The average Bonchev–Trinajstić information content (AvgIpc) is 3.14. The summed E-state index contributed by atoms with van der Waals surface area (Å²) in [5.41, 5.74) is 1.59. The molecule has 0 N–H and O–H groups in total. The Bertz CT molecular complexity index is 1270. The van der Waals surface area contributed by atoms with Gasteiger partial charge in [-0.1, -0.05) is 41.4 Å². The lowest BCUT2D eigenvalue weighted by molar-refractivity contribution is 0.309. The minimum atomic E-state index is -3.77. The number of furan rings is 1. The van der Waals surface area contributed by atoms with E-state index in [1.165, 1.54) is 22.7 Å². The first-order valence-electron chi connectivity index (χ1n) is 8.96. The largest absolute Gasteiger partial charge is 0.468 e. The average molecular weight is 486 g/mol. The van der Waals surface area contributed by atoms with Crippen LogP contribution < -0.4 is 0 Å². The second-order valence-corrected chi connectivity index (χ2v) is 12.0. The standard InChI is InChI=1S/C20H17Cl2NO5S2/c21-19-8-5-15(10-20(19)22)14-3-6-17(7-4-14)30(26,27)23-11-18(12-23)29(24,25)13-16-2-1-9-28-16/h1-10,18H,11-13H2. The predicted molar refractivity (Wildman–Crippen MR) is 116 cm³/mol. The summed E-state index contributed by atoms with van der Waals surface area (Å²) < 4.78 is 56.8. The lowest BCUT2D eigenvalue weighted by Crippen LogP contribution is -2.56. The summed E-state index contributed by atoms with van der Waals surface area (Å²) in [5.74, 6) is 0.103. The fourth-order valence-corrected chi connectivity index (χ4v) is 6.81. The van der Waals surface area contributed by atoms with E-state index in [9.17, 15) is 16.8 Å². The van der Waals surface area contributed by atoms with E-state index in [0.717, 1.165) is 11.1 Å². The van der Waals surface area contributed by atoms with Crippen LogP contribution in [0.4, 0.5) is 0 Å². The number of benzene rings is 2. The maximum atomic E-state index is 12.8. The lowest BCUT2D eigenvalue weighted by Gasteiger charge is -2.37. The molecule has 0 aliphatic carbocycles. The Morgan fingerprint density at radius 3 is 2.17 bits per heavy atom. The summed E-state index contributed by atoms with van der Waals surface area (Å²) >= 11 is 12.0. The van der Waals surface area contributed by atoms with Crippen LogP contribution in [0.1, 0.15) is 5.76 Å². The Kier molecular flexibility index (Phi) is 5.71. The van der Waals surface area contributed by atoms with Crippen LogP contribution in [0.25, 0.3) is 11.1 Å². The topological polar surface area (TPSA) is 84.7 Å². The highest BCUT2D eigenvalue weighted by Crippen LogP contribution is 2.31. The summed E-state index contributed by atoms with van der Waals surface area (Å²) in [6, 6.07) is 14.7. The monoisotopic (exact) mass is 485 g/mol. The quantitative estimate of drug-likeness (QED) is 0.521. The Hall–Kier alpha value is -1.84. The van der Waals surface area contributed by atoms with E-state index >= 15 is 0 Å². The number of sulfone groups is 1. The summed E-state index contributed by atoms with van der Waals surface area (Å²) in [6.45, 7) is -0.139. The Balaban J connectivity index is 1.46. The van der Waals surface area contributed by atoms with Crippen molar-refractivity contribution in [1.29, 1.82) is 0 Å². The second kappa shape index (κ2) is 8.01. The van der Waals surface area contributed by atoms with E-state index in [1.807, 2.05) is 0 Å². The van der Waals surface area contributed by atoms with Gasteiger partial charge in [0.25, 0.3) is 0 Å². The number of halogens is 2. The highest BCUT2D eigenvalue weighted by Gasteiger charge is 2.43. The number of nitrogens with zero attached hydrogens (tertiary/aromatic N) is 1. The van der Waals surface area contributed by atoms with Gasteiger partial charge < -0.3 is 4.42 Å². The minimum Gasteiger partial charge on any atom is -0.468 e. The maximum Gasteiger partial charge on any atom is 0.243 e. The molecule has 1 aliphatic rings. The number of hydrogen-bond acceptors (Lipinski definition) is 5. The normalized spacial score (nSPS) is 15.8. The zero-order valence-electron chi connectivity index (χ0n) is 15.5. The Morgan fingerprint density at radius 2 is 1.57 bits per heavy atom. The van der Waals surface area contributed by atoms with Gasteiger partial charge in [-0.3, -0.25) is 0 Å². The van der Waals surface area contributed by atoms with Gasteiger partial charge in [0.1, 0.15) is 11.5 Å². The van der Waals surface area contributed by atoms with E-state index < -0.39 is 25.1 Å². The second-order valence-electron chi connectivity index (χ2n) is 6.98. The molecule has 0 atom stereocenters. The highest BCUT2D eigenvalue weighted by molar-refractivity contribution is 7.92. The first-order valence-corrected chi connectivity index (χ1v) is 12.9. The van der Waals surface area contributed by atoms with Crippen LogP contribution in [0.5, 0.6) is 0 Å². The summed E-state index contributed by atoms with van der Waals surface area (Å²) in [6.07, 6.45) is 1.41. The first kappa shape index (κ1) is 21.4. The van der Waals surface area contributed by atoms with Gasteiger partial charge in [-0.15, -0.1) is 0 Å². The molecule has 1 aliphatic heterocycles. The van der Waals surface area contributed by atoms with E-state index in [4.69, 9.17) is 27.6 Å². The van der Waals surface area contributed by atoms with E-state index in [-0.39, 0.29) is 23.7 Å². The van der Waals surface area contributed by atoms with Gasteiger partial charge in [-0.25, -0.2) is 16.8 Å². The molecule has 0 saturated carbocycles. The van der Waals surface area contributed by atoms with E-state index in [2.05, 4.69) is 0 Å². The van der Waals surface area contributed by atoms with Gasteiger partial charge in [0.05, 0.1) is 26.5 Å². The first-order chi connectivity index (χ1) is 14.2. The molecule has 0 unspecified atom stereocenters. The maximum absolute atomic E-state index is 12.8. The van der Waals surface area contributed by atoms with E-state index in [1.54, 1.807) is 42.5 Å². The molecule has 6 nitrogen and oxygen atoms in total. The molecule has 10 heteroatoms. The molecule has 0 spiro atoms. The minimum absolute atomic E-state index is 0.0695. The molecule has 2 aromatic carbocycles. The molecular formula is C20H17Cl2NO5S2. The fraction of sp³-hybridized carbons (Fsp3) is 0.200. The van der Waals surface area contributed by atoms with Crippen molar-refractivity contribution in [2.45, 2.75) is 15.9 Å². The third-order valence-corrected chi connectivity index (χ3v) is 9.58.